The van der Waals surface area contributed by atoms with Crippen molar-refractivity contribution in [3.63, 3.8) is 0 Å². The minimum Gasteiger partial charge on any atom is -0.372 e. The summed E-state index contributed by atoms with van der Waals surface area (Å²) in [6, 6.07) is 8.26. The van der Waals surface area contributed by atoms with Gasteiger partial charge in [0, 0.05) is 19.5 Å². The van der Waals surface area contributed by atoms with Gasteiger partial charge in [-0.1, -0.05) is 31.3 Å². The van der Waals surface area contributed by atoms with E-state index in [0.29, 0.717) is 5.92 Å². The summed E-state index contributed by atoms with van der Waals surface area (Å²) in [6.07, 6.45) is 0. The van der Waals surface area contributed by atoms with Gasteiger partial charge in [0.05, 0.1) is 16.4 Å². The predicted molar refractivity (Wildman–Crippen MR) is 65.1 cm³/mol. The molecule has 0 unspecified atom stereocenters. The van der Waals surface area contributed by atoms with Crippen LogP contribution < -0.4 is 10.2 Å². The second-order valence-electron chi connectivity index (χ2n) is 3.79. The largest absolute Gasteiger partial charge is 0.372 e. The second kappa shape index (κ2) is 3.58. The zero-order chi connectivity index (χ0) is 10.1. The summed E-state index contributed by atoms with van der Waals surface area (Å²) in [7, 11) is 2.10. The van der Waals surface area contributed by atoms with Crippen molar-refractivity contribution in [3.8, 4) is 0 Å². The summed E-state index contributed by atoms with van der Waals surface area (Å²) in [5.74, 6) is 0.405. The third kappa shape index (κ3) is 1.60. The van der Waals surface area contributed by atoms with Crippen LogP contribution >= 0.6 is 12.2 Å². The van der Waals surface area contributed by atoms with Gasteiger partial charge in [-0.2, -0.15) is 0 Å². The van der Waals surface area contributed by atoms with E-state index in [2.05, 4.69) is 42.4 Å². The number of anilines is 2. The van der Waals surface area contributed by atoms with E-state index in [1.54, 1.807) is 0 Å². The Bertz CT molecular complexity index is 362. The van der Waals surface area contributed by atoms with Gasteiger partial charge < -0.3 is 10.2 Å². The Balaban J connectivity index is 2.43. The lowest BCUT2D eigenvalue weighted by atomic mass is 10.2. The van der Waals surface area contributed by atoms with Crippen LogP contribution in [0.4, 0.5) is 11.4 Å². The first-order valence-corrected chi connectivity index (χ1v) is 5.20. The maximum Gasteiger partial charge on any atom is 0.0844 e. The third-order valence-electron chi connectivity index (χ3n) is 2.57. The van der Waals surface area contributed by atoms with E-state index < -0.39 is 0 Å². The molecule has 1 aromatic rings. The first-order chi connectivity index (χ1) is 6.68. The minimum absolute atomic E-state index is 0.405. The second-order valence-corrected chi connectivity index (χ2v) is 4.23. The van der Waals surface area contributed by atoms with Crippen LogP contribution in [0.15, 0.2) is 24.3 Å². The normalized spacial score (nSPS) is 21.1. The number of hydrogen-bond donors (Lipinski definition) is 1. The predicted octanol–water partition coefficient (Wildman–Crippen LogP) is 2.51. The van der Waals surface area contributed by atoms with Crippen molar-refractivity contribution >= 4 is 28.6 Å². The quantitative estimate of drug-likeness (QED) is 0.657. The Labute approximate surface area is 89.9 Å². The van der Waals surface area contributed by atoms with Crippen molar-refractivity contribution in [2.24, 2.45) is 5.92 Å². The fraction of sp³-hybridized carbons (Fsp3) is 0.364. The van der Waals surface area contributed by atoms with Gasteiger partial charge in [-0.15, -0.1) is 0 Å². The molecule has 0 aliphatic carbocycles. The molecule has 0 saturated carbocycles. The van der Waals surface area contributed by atoms with Crippen molar-refractivity contribution < 1.29 is 0 Å². The minimum atomic E-state index is 0.405. The van der Waals surface area contributed by atoms with Crippen LogP contribution in [-0.2, 0) is 0 Å². The Morgan fingerprint density at radius 2 is 2.14 bits per heavy atom. The molecule has 0 spiro atoms. The lowest BCUT2D eigenvalue weighted by Crippen LogP contribution is -2.26. The van der Waals surface area contributed by atoms with Gasteiger partial charge in [0.25, 0.3) is 0 Å². The highest BCUT2D eigenvalue weighted by atomic mass is 32.1. The van der Waals surface area contributed by atoms with Crippen LogP contribution in [0.25, 0.3) is 0 Å². The summed E-state index contributed by atoms with van der Waals surface area (Å²) in [6.45, 7) is 3.13. The summed E-state index contributed by atoms with van der Waals surface area (Å²) < 4.78 is 0. The van der Waals surface area contributed by atoms with Gasteiger partial charge in [-0.05, 0) is 12.1 Å². The molecule has 0 fully saturated rings. The first kappa shape index (κ1) is 9.46. The van der Waals surface area contributed by atoms with Crippen molar-refractivity contribution in [1.82, 2.24) is 0 Å². The first-order valence-electron chi connectivity index (χ1n) is 4.79. The van der Waals surface area contributed by atoms with Crippen LogP contribution in [0.3, 0.4) is 0 Å². The van der Waals surface area contributed by atoms with E-state index in [-0.39, 0.29) is 0 Å². The molecular weight excluding hydrogens is 192 g/mol. The van der Waals surface area contributed by atoms with Gasteiger partial charge in [0.1, 0.15) is 0 Å². The summed E-state index contributed by atoms with van der Waals surface area (Å²) in [5.41, 5.74) is 2.34. The van der Waals surface area contributed by atoms with Crippen molar-refractivity contribution in [1.29, 1.82) is 0 Å². The Morgan fingerprint density at radius 1 is 1.43 bits per heavy atom. The molecule has 1 heterocycles. The van der Waals surface area contributed by atoms with Crippen molar-refractivity contribution in [3.05, 3.63) is 24.3 Å². The van der Waals surface area contributed by atoms with Crippen molar-refractivity contribution in [2.75, 3.05) is 23.8 Å². The highest BCUT2D eigenvalue weighted by Crippen LogP contribution is 2.28. The Morgan fingerprint density at radius 3 is 2.93 bits per heavy atom. The average molecular weight is 206 g/mol. The molecule has 2 rings (SSSR count). The molecule has 0 radical (unpaired) electrons. The fourth-order valence-corrected chi connectivity index (χ4v) is 1.94. The number of nitrogens with one attached hydrogen (secondary N) is 1. The van der Waals surface area contributed by atoms with Gasteiger partial charge >= 0.3 is 0 Å². The highest BCUT2D eigenvalue weighted by molar-refractivity contribution is 7.80. The molecule has 1 aliphatic heterocycles. The van der Waals surface area contributed by atoms with Gasteiger partial charge in [0.2, 0.25) is 0 Å². The molecule has 3 heteroatoms. The average Bonchev–Trinajstić information content (AvgIpc) is 2.27. The van der Waals surface area contributed by atoms with Gasteiger partial charge in [0.15, 0.2) is 0 Å². The number of fused-ring (bicyclic) bond motifs is 1. The number of rotatable bonds is 0. The van der Waals surface area contributed by atoms with Crippen LogP contribution in [0, 0.1) is 5.92 Å². The molecular formula is C11H14N2S. The van der Waals surface area contributed by atoms with E-state index >= 15 is 0 Å². The fourth-order valence-electron chi connectivity index (χ4n) is 1.76. The molecule has 0 amide bonds. The van der Waals surface area contributed by atoms with E-state index in [1.165, 1.54) is 5.69 Å². The number of hydrogen-bond acceptors (Lipinski definition) is 2. The summed E-state index contributed by atoms with van der Waals surface area (Å²) in [5, 5.41) is 3.29. The van der Waals surface area contributed by atoms with Crippen LogP contribution in [0.2, 0.25) is 0 Å². The maximum absolute atomic E-state index is 5.31. The highest BCUT2D eigenvalue weighted by Gasteiger charge is 2.19. The van der Waals surface area contributed by atoms with Crippen molar-refractivity contribution in [2.45, 2.75) is 6.92 Å². The molecule has 0 aromatic heterocycles. The van der Waals surface area contributed by atoms with Gasteiger partial charge in [-0.25, -0.2) is 0 Å². The number of para-hydroxylation sites is 2. The monoisotopic (exact) mass is 206 g/mol. The van der Waals surface area contributed by atoms with E-state index in [1.807, 2.05) is 6.07 Å². The van der Waals surface area contributed by atoms with E-state index in [9.17, 15) is 0 Å². The zero-order valence-electron chi connectivity index (χ0n) is 8.45. The molecule has 1 N–H and O–H groups in total. The third-order valence-corrected chi connectivity index (χ3v) is 3.07. The molecule has 0 bridgehead atoms. The molecule has 2 nitrogen and oxygen atoms in total. The molecule has 1 aromatic carbocycles. The van der Waals surface area contributed by atoms with Crippen LogP contribution in [0.1, 0.15) is 6.92 Å². The Kier molecular flexibility index (Phi) is 2.42. The molecule has 0 saturated heterocycles. The topological polar surface area (TPSA) is 15.3 Å². The van der Waals surface area contributed by atoms with E-state index in [0.717, 1.165) is 17.2 Å². The zero-order valence-corrected chi connectivity index (χ0v) is 9.27. The standard InChI is InChI=1S/C11H14N2S/c1-8-7-13(2)10-6-4-3-5-9(10)12-11(8)14/h3-6,8H,7H2,1-2H3,(H,12,14)/t8-/m1/s1. The summed E-state index contributed by atoms with van der Waals surface area (Å²) >= 11 is 5.31. The maximum atomic E-state index is 5.31. The smallest absolute Gasteiger partial charge is 0.0844 e. The molecule has 1 aliphatic rings. The van der Waals surface area contributed by atoms with Crippen LogP contribution in [-0.4, -0.2) is 18.6 Å². The van der Waals surface area contributed by atoms with Crippen LogP contribution in [0.5, 0.6) is 0 Å². The SMILES string of the molecule is C[C@@H]1CN(C)c2ccccc2NC1=S. The lowest BCUT2D eigenvalue weighted by Gasteiger charge is -2.19. The van der Waals surface area contributed by atoms with E-state index in [4.69, 9.17) is 12.2 Å². The number of nitrogens with zero attached hydrogens (tertiary/aromatic N) is 1. The number of benzene rings is 1. The Hall–Kier alpha value is -1.09. The summed E-state index contributed by atoms with van der Waals surface area (Å²) in [4.78, 5) is 3.17. The number of thiocarbonyl (C=S) groups is 1. The van der Waals surface area contributed by atoms with Gasteiger partial charge in [-0.3, -0.25) is 0 Å². The lowest BCUT2D eigenvalue weighted by molar-refractivity contribution is 0.754. The molecule has 74 valence electrons. The molecule has 14 heavy (non-hydrogen) atoms. The molecule has 1 atom stereocenters.